The van der Waals surface area contributed by atoms with Gasteiger partial charge >= 0.3 is 0 Å². The van der Waals surface area contributed by atoms with Gasteiger partial charge in [0.15, 0.2) is 5.95 Å². The zero-order valence-corrected chi connectivity index (χ0v) is 4.96. The first-order chi connectivity index (χ1) is 3.55. The summed E-state index contributed by atoms with van der Waals surface area (Å²) in [5, 5.41) is 6.85. The highest BCUT2D eigenvalue weighted by Crippen LogP contribution is 1.98. The van der Waals surface area contributed by atoms with Crippen LogP contribution in [0.2, 0.25) is 0 Å². The van der Waals surface area contributed by atoms with Crippen LogP contribution >= 0.6 is 0 Å². The summed E-state index contributed by atoms with van der Waals surface area (Å²) in [6, 6.07) is 0. The summed E-state index contributed by atoms with van der Waals surface area (Å²) in [4.78, 5) is 0. The molecule has 0 unspecified atom stereocenters. The SMILES string of the molecule is CC(=N)/C(C)=C(\N)F. The van der Waals surface area contributed by atoms with Crippen molar-refractivity contribution < 1.29 is 4.39 Å². The van der Waals surface area contributed by atoms with Crippen molar-refractivity contribution in [1.82, 2.24) is 0 Å². The average molecular weight is 116 g/mol. The first-order valence-electron chi connectivity index (χ1n) is 2.23. The van der Waals surface area contributed by atoms with E-state index in [1.807, 2.05) is 0 Å². The van der Waals surface area contributed by atoms with E-state index in [1.165, 1.54) is 13.8 Å². The monoisotopic (exact) mass is 116 g/mol. The third kappa shape index (κ3) is 1.73. The summed E-state index contributed by atoms with van der Waals surface area (Å²) in [7, 11) is 0. The molecular weight excluding hydrogens is 107 g/mol. The zero-order chi connectivity index (χ0) is 6.73. The topological polar surface area (TPSA) is 49.9 Å². The lowest BCUT2D eigenvalue weighted by Gasteiger charge is -1.93. The maximum atomic E-state index is 11.9. The summed E-state index contributed by atoms with van der Waals surface area (Å²) in [5.74, 6) is -0.766. The van der Waals surface area contributed by atoms with Gasteiger partial charge in [-0.3, -0.25) is 0 Å². The summed E-state index contributed by atoms with van der Waals surface area (Å²) in [6.07, 6.45) is 0. The molecule has 0 saturated carbocycles. The van der Waals surface area contributed by atoms with Gasteiger partial charge in [0.2, 0.25) is 0 Å². The normalized spacial score (nSPS) is 12.9. The van der Waals surface area contributed by atoms with Crippen LogP contribution in [0.3, 0.4) is 0 Å². The average Bonchev–Trinajstić information content (AvgIpc) is 1.64. The zero-order valence-electron chi connectivity index (χ0n) is 4.96. The van der Waals surface area contributed by atoms with Crippen LogP contribution in [0.15, 0.2) is 11.5 Å². The summed E-state index contributed by atoms with van der Waals surface area (Å²) >= 11 is 0. The Morgan fingerprint density at radius 1 is 1.50 bits per heavy atom. The van der Waals surface area contributed by atoms with E-state index in [1.54, 1.807) is 0 Å². The number of nitrogens with one attached hydrogen (secondary N) is 1. The molecule has 0 aliphatic carbocycles. The van der Waals surface area contributed by atoms with Crippen LogP contribution in [0.25, 0.3) is 0 Å². The van der Waals surface area contributed by atoms with Gasteiger partial charge in [-0.25, -0.2) is 0 Å². The molecule has 3 heteroatoms. The first kappa shape index (κ1) is 7.14. The van der Waals surface area contributed by atoms with Gasteiger partial charge in [0.1, 0.15) is 0 Å². The van der Waals surface area contributed by atoms with Gasteiger partial charge in [0.05, 0.1) is 0 Å². The maximum absolute atomic E-state index is 11.9. The second-order valence-corrected chi connectivity index (χ2v) is 1.60. The Balaban J connectivity index is 4.23. The fourth-order valence-corrected chi connectivity index (χ4v) is 0.179. The van der Waals surface area contributed by atoms with Crippen molar-refractivity contribution in [2.75, 3.05) is 0 Å². The van der Waals surface area contributed by atoms with Crippen LogP contribution in [0.1, 0.15) is 13.8 Å². The Kier molecular flexibility index (Phi) is 2.19. The lowest BCUT2D eigenvalue weighted by atomic mass is 10.2. The number of allylic oxidation sites excluding steroid dienone is 1. The molecule has 0 aliphatic rings. The molecule has 0 saturated heterocycles. The van der Waals surface area contributed by atoms with E-state index in [0.717, 1.165) is 0 Å². The van der Waals surface area contributed by atoms with E-state index >= 15 is 0 Å². The molecule has 0 atom stereocenters. The van der Waals surface area contributed by atoms with Crippen molar-refractivity contribution in [1.29, 1.82) is 5.41 Å². The molecule has 0 aromatic rings. The van der Waals surface area contributed by atoms with E-state index < -0.39 is 5.95 Å². The maximum Gasteiger partial charge on any atom is 0.189 e. The molecule has 0 rings (SSSR count). The van der Waals surface area contributed by atoms with Crippen molar-refractivity contribution in [3.05, 3.63) is 11.5 Å². The third-order valence-corrected chi connectivity index (χ3v) is 0.921. The number of rotatable bonds is 1. The molecule has 0 aromatic heterocycles. The largest absolute Gasteiger partial charge is 0.375 e. The van der Waals surface area contributed by atoms with E-state index in [4.69, 9.17) is 11.1 Å². The first-order valence-corrected chi connectivity index (χ1v) is 2.23. The number of hydrogen-bond donors (Lipinski definition) is 2. The summed E-state index contributed by atoms with van der Waals surface area (Å²) < 4.78 is 11.9. The Morgan fingerprint density at radius 2 is 1.88 bits per heavy atom. The third-order valence-electron chi connectivity index (χ3n) is 0.921. The van der Waals surface area contributed by atoms with Crippen LogP contribution in [0.5, 0.6) is 0 Å². The lowest BCUT2D eigenvalue weighted by molar-refractivity contribution is 0.619. The minimum absolute atomic E-state index is 0.171. The van der Waals surface area contributed by atoms with Gasteiger partial charge in [-0.05, 0) is 13.8 Å². The molecule has 46 valence electrons. The van der Waals surface area contributed by atoms with Crippen LogP contribution in [-0.2, 0) is 0 Å². The van der Waals surface area contributed by atoms with Crippen LogP contribution in [0.4, 0.5) is 4.39 Å². The second kappa shape index (κ2) is 2.45. The van der Waals surface area contributed by atoms with Gasteiger partial charge in [-0.2, -0.15) is 4.39 Å². The molecule has 0 aliphatic heterocycles. The Morgan fingerprint density at radius 3 is 1.88 bits per heavy atom. The lowest BCUT2D eigenvalue weighted by Crippen LogP contribution is -2.00. The number of halogens is 1. The van der Waals surface area contributed by atoms with Gasteiger partial charge in [0, 0.05) is 11.3 Å². The highest BCUT2D eigenvalue weighted by molar-refractivity contribution is 5.95. The van der Waals surface area contributed by atoms with Crippen LogP contribution in [-0.4, -0.2) is 5.71 Å². The Bertz CT molecular complexity index is 133. The predicted molar refractivity (Wildman–Crippen MR) is 31.4 cm³/mol. The molecule has 2 nitrogen and oxygen atoms in total. The van der Waals surface area contributed by atoms with E-state index in [2.05, 4.69) is 0 Å². The second-order valence-electron chi connectivity index (χ2n) is 1.60. The quantitative estimate of drug-likeness (QED) is 0.392. The minimum Gasteiger partial charge on any atom is -0.375 e. The van der Waals surface area contributed by atoms with Crippen LogP contribution < -0.4 is 5.73 Å². The molecule has 0 fully saturated rings. The predicted octanol–water partition coefficient (Wildman–Crippen LogP) is 1.19. The number of hydrogen-bond acceptors (Lipinski definition) is 2. The molecule has 0 aromatic carbocycles. The highest BCUT2D eigenvalue weighted by atomic mass is 19.1. The minimum atomic E-state index is -0.766. The smallest absolute Gasteiger partial charge is 0.189 e. The van der Waals surface area contributed by atoms with Crippen molar-refractivity contribution in [2.24, 2.45) is 5.73 Å². The van der Waals surface area contributed by atoms with E-state index in [0.29, 0.717) is 0 Å². The van der Waals surface area contributed by atoms with Gasteiger partial charge in [0.25, 0.3) is 0 Å². The molecule has 0 bridgehead atoms. The molecule has 0 amide bonds. The van der Waals surface area contributed by atoms with Crippen molar-refractivity contribution in [2.45, 2.75) is 13.8 Å². The van der Waals surface area contributed by atoms with E-state index in [-0.39, 0.29) is 11.3 Å². The fourth-order valence-electron chi connectivity index (χ4n) is 0.179. The fraction of sp³-hybridized carbons (Fsp3) is 0.400. The molecule has 0 heterocycles. The number of nitrogens with two attached hydrogens (primary N) is 1. The molecule has 8 heavy (non-hydrogen) atoms. The molecular formula is C5H9FN2. The molecule has 3 N–H and O–H groups in total. The van der Waals surface area contributed by atoms with Crippen molar-refractivity contribution >= 4 is 5.71 Å². The van der Waals surface area contributed by atoms with Gasteiger partial charge in [-0.15, -0.1) is 0 Å². The Hall–Kier alpha value is -0.860. The summed E-state index contributed by atoms with van der Waals surface area (Å²) in [5.41, 5.74) is 5.09. The van der Waals surface area contributed by atoms with Crippen LogP contribution in [0, 0.1) is 5.41 Å². The molecule has 0 radical (unpaired) electrons. The Labute approximate surface area is 47.7 Å². The van der Waals surface area contributed by atoms with Crippen molar-refractivity contribution in [3.8, 4) is 0 Å². The summed E-state index contributed by atoms with van der Waals surface area (Å²) in [6.45, 7) is 2.96. The van der Waals surface area contributed by atoms with Gasteiger partial charge < -0.3 is 11.1 Å². The van der Waals surface area contributed by atoms with Gasteiger partial charge in [-0.1, -0.05) is 0 Å². The van der Waals surface area contributed by atoms with Crippen molar-refractivity contribution in [3.63, 3.8) is 0 Å². The molecule has 0 spiro atoms. The van der Waals surface area contributed by atoms with E-state index in [9.17, 15) is 4.39 Å². The standard InChI is InChI=1S/C5H9FN2/c1-3(4(2)7)5(6)8/h7H,8H2,1-2H3/b5-3-,7-4?. The highest BCUT2D eigenvalue weighted by Gasteiger charge is 1.95.